The third-order valence-electron chi connectivity index (χ3n) is 3.27. The molecule has 0 atom stereocenters. The number of hydrogen-bond donors (Lipinski definition) is 2. The Kier molecular flexibility index (Phi) is 6.19. The zero-order valence-electron chi connectivity index (χ0n) is 12.9. The molecule has 0 aromatic heterocycles. The molecule has 1 aromatic rings. The van der Waals surface area contributed by atoms with Crippen molar-refractivity contribution in [1.82, 2.24) is 10.6 Å². The highest BCUT2D eigenvalue weighted by atomic mass is 16.7. The number of benzene rings is 1. The molecular formula is C16H25N3O2. The van der Waals surface area contributed by atoms with Crippen LogP contribution in [0.15, 0.2) is 23.2 Å². The van der Waals surface area contributed by atoms with E-state index in [1.807, 2.05) is 12.1 Å². The van der Waals surface area contributed by atoms with Gasteiger partial charge in [0.2, 0.25) is 6.79 Å². The molecule has 21 heavy (non-hydrogen) atoms. The fourth-order valence-electron chi connectivity index (χ4n) is 2.11. The second-order valence-corrected chi connectivity index (χ2v) is 4.98. The van der Waals surface area contributed by atoms with Crippen molar-refractivity contribution in [3.8, 4) is 11.5 Å². The van der Waals surface area contributed by atoms with E-state index in [9.17, 15) is 0 Å². The van der Waals surface area contributed by atoms with Crippen molar-refractivity contribution in [1.29, 1.82) is 0 Å². The van der Waals surface area contributed by atoms with Crippen LogP contribution in [0.4, 0.5) is 0 Å². The molecule has 1 aliphatic heterocycles. The molecule has 2 rings (SSSR count). The number of guanidine groups is 1. The summed E-state index contributed by atoms with van der Waals surface area (Å²) in [6.45, 7) is 7.17. The molecule has 0 radical (unpaired) electrons. The molecule has 1 heterocycles. The van der Waals surface area contributed by atoms with Crippen molar-refractivity contribution >= 4 is 5.96 Å². The van der Waals surface area contributed by atoms with Gasteiger partial charge in [-0.25, -0.2) is 0 Å². The first kappa shape index (κ1) is 15.5. The number of rotatable bonds is 7. The molecule has 0 bridgehead atoms. The Morgan fingerprint density at radius 1 is 1.19 bits per heavy atom. The van der Waals surface area contributed by atoms with Crippen molar-refractivity contribution in [3.63, 3.8) is 0 Å². The average Bonchev–Trinajstić information content (AvgIpc) is 2.95. The summed E-state index contributed by atoms with van der Waals surface area (Å²) in [5.74, 6) is 2.57. The van der Waals surface area contributed by atoms with Gasteiger partial charge in [0.25, 0.3) is 0 Å². The zero-order chi connectivity index (χ0) is 14.9. The molecular weight excluding hydrogens is 266 g/mol. The Balaban J connectivity index is 1.80. The van der Waals surface area contributed by atoms with Crippen molar-refractivity contribution in [2.45, 2.75) is 33.1 Å². The van der Waals surface area contributed by atoms with Gasteiger partial charge < -0.3 is 20.1 Å². The predicted octanol–water partition coefficient (Wildman–Crippen LogP) is 2.31. The van der Waals surface area contributed by atoms with Crippen LogP contribution in [0.2, 0.25) is 0 Å². The highest BCUT2D eigenvalue weighted by molar-refractivity contribution is 5.79. The van der Waals surface area contributed by atoms with Gasteiger partial charge in [-0.2, -0.15) is 0 Å². The minimum atomic E-state index is 0.325. The van der Waals surface area contributed by atoms with Crippen LogP contribution in [0, 0.1) is 0 Å². The standard InChI is InChI=1S/C16H25N3O2/c1-3-5-9-18-16(17-4-2)19-10-8-13-6-7-14-15(11-13)21-12-20-14/h6-7,11H,3-5,8-10,12H2,1-2H3,(H2,17,18,19). The van der Waals surface area contributed by atoms with E-state index in [0.717, 1.165) is 49.9 Å². The van der Waals surface area contributed by atoms with Crippen molar-refractivity contribution in [2.24, 2.45) is 4.99 Å². The Bertz CT molecular complexity index is 475. The third-order valence-corrected chi connectivity index (χ3v) is 3.27. The Morgan fingerprint density at radius 2 is 2.05 bits per heavy atom. The summed E-state index contributed by atoms with van der Waals surface area (Å²) >= 11 is 0. The average molecular weight is 291 g/mol. The van der Waals surface area contributed by atoms with E-state index in [1.54, 1.807) is 0 Å². The Hall–Kier alpha value is -1.91. The molecule has 0 spiro atoms. The monoisotopic (exact) mass is 291 g/mol. The van der Waals surface area contributed by atoms with Crippen LogP contribution in [0.1, 0.15) is 32.3 Å². The van der Waals surface area contributed by atoms with Gasteiger partial charge in [-0.15, -0.1) is 0 Å². The number of fused-ring (bicyclic) bond motifs is 1. The van der Waals surface area contributed by atoms with E-state index >= 15 is 0 Å². The second kappa shape index (κ2) is 8.39. The van der Waals surface area contributed by atoms with Crippen LogP contribution in [0.5, 0.6) is 11.5 Å². The maximum absolute atomic E-state index is 5.39. The first-order valence-electron chi connectivity index (χ1n) is 7.74. The normalized spacial score (nSPS) is 13.3. The van der Waals surface area contributed by atoms with Gasteiger partial charge in [-0.05, 0) is 37.5 Å². The molecule has 116 valence electrons. The van der Waals surface area contributed by atoms with Gasteiger partial charge in [0.05, 0.1) is 0 Å². The van der Waals surface area contributed by atoms with Crippen LogP contribution in [-0.4, -0.2) is 32.4 Å². The van der Waals surface area contributed by atoms with Crippen LogP contribution in [0.3, 0.4) is 0 Å². The lowest BCUT2D eigenvalue weighted by Crippen LogP contribution is -2.38. The molecule has 0 saturated heterocycles. The molecule has 0 saturated carbocycles. The topological polar surface area (TPSA) is 54.9 Å². The van der Waals surface area contributed by atoms with E-state index in [2.05, 4.69) is 35.5 Å². The Morgan fingerprint density at radius 3 is 2.86 bits per heavy atom. The summed E-state index contributed by atoms with van der Waals surface area (Å²) < 4.78 is 10.7. The van der Waals surface area contributed by atoms with Gasteiger partial charge in [-0.3, -0.25) is 4.99 Å². The number of nitrogens with one attached hydrogen (secondary N) is 2. The highest BCUT2D eigenvalue weighted by Gasteiger charge is 2.12. The largest absolute Gasteiger partial charge is 0.454 e. The first-order chi connectivity index (χ1) is 10.3. The summed E-state index contributed by atoms with van der Waals surface area (Å²) in [7, 11) is 0. The molecule has 5 nitrogen and oxygen atoms in total. The van der Waals surface area contributed by atoms with Crippen molar-refractivity contribution in [3.05, 3.63) is 23.8 Å². The maximum atomic E-state index is 5.39. The molecule has 0 fully saturated rings. The number of ether oxygens (including phenoxy) is 2. The molecule has 1 aromatic carbocycles. The van der Waals surface area contributed by atoms with Gasteiger partial charge >= 0.3 is 0 Å². The summed E-state index contributed by atoms with van der Waals surface area (Å²) in [6.07, 6.45) is 3.22. The summed E-state index contributed by atoms with van der Waals surface area (Å²) in [4.78, 5) is 4.54. The number of unbranched alkanes of at least 4 members (excludes halogenated alkanes) is 1. The molecule has 0 amide bonds. The molecule has 0 aliphatic carbocycles. The fraction of sp³-hybridized carbons (Fsp3) is 0.562. The lowest BCUT2D eigenvalue weighted by Gasteiger charge is -2.11. The van der Waals surface area contributed by atoms with Gasteiger partial charge in [0.15, 0.2) is 17.5 Å². The van der Waals surface area contributed by atoms with Crippen LogP contribution in [-0.2, 0) is 6.42 Å². The summed E-state index contributed by atoms with van der Waals surface area (Å²) in [5.41, 5.74) is 1.23. The SMILES string of the molecule is CCCCN=C(NCC)NCCc1ccc2c(c1)OCO2. The first-order valence-corrected chi connectivity index (χ1v) is 7.74. The summed E-state index contributed by atoms with van der Waals surface area (Å²) in [6, 6.07) is 6.10. The summed E-state index contributed by atoms with van der Waals surface area (Å²) in [5, 5.41) is 6.63. The van der Waals surface area contributed by atoms with Crippen molar-refractivity contribution in [2.75, 3.05) is 26.4 Å². The predicted molar refractivity (Wildman–Crippen MR) is 85.2 cm³/mol. The van der Waals surface area contributed by atoms with Gasteiger partial charge in [0.1, 0.15) is 0 Å². The van der Waals surface area contributed by atoms with E-state index in [0.29, 0.717) is 6.79 Å². The van der Waals surface area contributed by atoms with E-state index in [4.69, 9.17) is 9.47 Å². The van der Waals surface area contributed by atoms with Crippen LogP contribution in [0.25, 0.3) is 0 Å². The molecule has 1 aliphatic rings. The van der Waals surface area contributed by atoms with Gasteiger partial charge in [0, 0.05) is 19.6 Å². The highest BCUT2D eigenvalue weighted by Crippen LogP contribution is 2.32. The van der Waals surface area contributed by atoms with Gasteiger partial charge in [-0.1, -0.05) is 19.4 Å². The maximum Gasteiger partial charge on any atom is 0.231 e. The van der Waals surface area contributed by atoms with Crippen LogP contribution >= 0.6 is 0 Å². The quantitative estimate of drug-likeness (QED) is 0.460. The van der Waals surface area contributed by atoms with E-state index in [-0.39, 0.29) is 0 Å². The molecule has 5 heteroatoms. The second-order valence-electron chi connectivity index (χ2n) is 4.98. The zero-order valence-corrected chi connectivity index (χ0v) is 12.9. The minimum Gasteiger partial charge on any atom is -0.454 e. The number of hydrogen-bond acceptors (Lipinski definition) is 3. The van der Waals surface area contributed by atoms with E-state index in [1.165, 1.54) is 12.0 Å². The molecule has 0 unspecified atom stereocenters. The number of aliphatic imine (C=N–C) groups is 1. The molecule has 2 N–H and O–H groups in total. The Labute approximate surface area is 126 Å². The van der Waals surface area contributed by atoms with E-state index < -0.39 is 0 Å². The minimum absolute atomic E-state index is 0.325. The third kappa shape index (κ3) is 4.85. The van der Waals surface area contributed by atoms with Crippen molar-refractivity contribution < 1.29 is 9.47 Å². The van der Waals surface area contributed by atoms with Crippen LogP contribution < -0.4 is 20.1 Å². The lowest BCUT2D eigenvalue weighted by atomic mass is 10.1. The smallest absolute Gasteiger partial charge is 0.231 e. The lowest BCUT2D eigenvalue weighted by molar-refractivity contribution is 0.174. The number of nitrogens with zero attached hydrogens (tertiary/aromatic N) is 1. The fourth-order valence-corrected chi connectivity index (χ4v) is 2.11.